The highest BCUT2D eigenvalue weighted by Gasteiger charge is 2.34. The molecule has 0 aliphatic carbocycles. The molecule has 1 fully saturated rings. The van der Waals surface area contributed by atoms with Crippen LogP contribution in [0.3, 0.4) is 0 Å². The number of fused-ring (bicyclic) bond motifs is 2. The van der Waals surface area contributed by atoms with Crippen molar-refractivity contribution >= 4 is 17.2 Å². The van der Waals surface area contributed by atoms with Gasteiger partial charge in [-0.05, 0) is 23.6 Å². The third kappa shape index (κ3) is 3.74. The first-order valence-electron chi connectivity index (χ1n) is 10.4. The van der Waals surface area contributed by atoms with Gasteiger partial charge in [0.2, 0.25) is 5.91 Å². The topological polar surface area (TPSA) is 52.0 Å². The predicted molar refractivity (Wildman–Crippen MR) is 116 cm³/mol. The fraction of sp³-hybridized carbons (Fsp3) is 0.292. The van der Waals surface area contributed by atoms with Crippen LogP contribution in [-0.4, -0.2) is 38.8 Å². The molecule has 3 aromatic rings. The zero-order valence-corrected chi connectivity index (χ0v) is 17.5. The molecule has 5 rings (SSSR count). The number of thiophene rings is 1. The maximum absolute atomic E-state index is 13.5. The number of rotatable bonds is 5. The van der Waals surface area contributed by atoms with Crippen molar-refractivity contribution in [3.63, 3.8) is 0 Å². The average Bonchev–Trinajstić information content (AvgIpc) is 3.33. The number of carbonyl (C=O) groups is 1. The van der Waals surface area contributed by atoms with Gasteiger partial charge in [0.15, 0.2) is 0 Å². The van der Waals surface area contributed by atoms with E-state index in [4.69, 9.17) is 9.47 Å². The van der Waals surface area contributed by atoms with E-state index in [1.807, 2.05) is 48.5 Å². The lowest BCUT2D eigenvalue weighted by Crippen LogP contribution is -3.15. The Morgan fingerprint density at radius 3 is 2.30 bits per heavy atom. The standard InChI is InChI=1S/C24H24N2O3S/c27-24(25-16-19(22-10-5-15-30-22)26-11-13-28-14-12-26)23-17-6-1-3-8-20(17)29-21-9-4-2-7-18(21)23/h1-10,15,19,23H,11-14,16H2,(H,25,27)/p+1/t19-/m0/s1. The Morgan fingerprint density at radius 2 is 1.67 bits per heavy atom. The van der Waals surface area contributed by atoms with Crippen molar-refractivity contribution in [2.75, 3.05) is 32.8 Å². The fourth-order valence-corrected chi connectivity index (χ4v) is 5.30. The van der Waals surface area contributed by atoms with Gasteiger partial charge in [-0.15, -0.1) is 11.3 Å². The lowest BCUT2D eigenvalue weighted by molar-refractivity contribution is -0.937. The van der Waals surface area contributed by atoms with Gasteiger partial charge in [0.05, 0.1) is 30.6 Å². The Kier molecular flexibility index (Phi) is 5.53. The number of benzene rings is 2. The minimum atomic E-state index is -0.366. The van der Waals surface area contributed by atoms with Gasteiger partial charge in [-0.1, -0.05) is 42.5 Å². The van der Waals surface area contributed by atoms with Gasteiger partial charge in [-0.3, -0.25) is 4.79 Å². The Bertz CT molecular complexity index is 969. The number of morpholine rings is 1. The summed E-state index contributed by atoms with van der Waals surface area (Å²) in [5, 5.41) is 5.38. The first kappa shape index (κ1) is 19.3. The lowest BCUT2D eigenvalue weighted by atomic mass is 9.87. The minimum absolute atomic E-state index is 0.0208. The third-order valence-corrected chi connectivity index (χ3v) is 6.92. The molecule has 0 radical (unpaired) electrons. The number of para-hydroxylation sites is 2. The summed E-state index contributed by atoms with van der Waals surface area (Å²) < 4.78 is 11.6. The van der Waals surface area contributed by atoms with E-state index in [0.717, 1.165) is 48.9 Å². The van der Waals surface area contributed by atoms with E-state index in [9.17, 15) is 4.79 Å². The van der Waals surface area contributed by atoms with E-state index in [1.54, 1.807) is 11.3 Å². The zero-order valence-electron chi connectivity index (χ0n) is 16.7. The number of hydrogen-bond acceptors (Lipinski definition) is 4. The van der Waals surface area contributed by atoms with Gasteiger partial charge in [-0.2, -0.15) is 0 Å². The molecule has 3 heterocycles. The van der Waals surface area contributed by atoms with Crippen molar-refractivity contribution in [2.45, 2.75) is 12.0 Å². The summed E-state index contributed by atoms with van der Waals surface area (Å²) in [6.07, 6.45) is 0. The van der Waals surface area contributed by atoms with Crippen LogP contribution in [-0.2, 0) is 9.53 Å². The van der Waals surface area contributed by atoms with Crippen LogP contribution < -0.4 is 15.0 Å². The molecule has 1 atom stereocenters. The molecule has 1 amide bonds. The molecule has 2 aliphatic rings. The third-order valence-electron chi connectivity index (χ3n) is 5.94. The summed E-state index contributed by atoms with van der Waals surface area (Å²) in [7, 11) is 0. The van der Waals surface area contributed by atoms with Gasteiger partial charge in [0, 0.05) is 11.1 Å². The molecule has 5 nitrogen and oxygen atoms in total. The number of hydrogen-bond donors (Lipinski definition) is 2. The van der Waals surface area contributed by atoms with Crippen LogP contribution in [0.25, 0.3) is 0 Å². The highest BCUT2D eigenvalue weighted by Crippen LogP contribution is 2.43. The molecule has 2 aromatic carbocycles. The molecule has 0 unspecified atom stereocenters. The van der Waals surface area contributed by atoms with Crippen molar-refractivity contribution in [3.05, 3.63) is 82.0 Å². The maximum Gasteiger partial charge on any atom is 0.232 e. The molecule has 30 heavy (non-hydrogen) atoms. The fourth-order valence-electron chi connectivity index (χ4n) is 4.41. The molecule has 0 spiro atoms. The highest BCUT2D eigenvalue weighted by molar-refractivity contribution is 7.10. The molecule has 6 heteroatoms. The van der Waals surface area contributed by atoms with Crippen molar-refractivity contribution in [1.82, 2.24) is 5.32 Å². The molecular formula is C24H25N2O3S+. The van der Waals surface area contributed by atoms with Gasteiger partial charge in [0.25, 0.3) is 0 Å². The van der Waals surface area contributed by atoms with E-state index in [0.29, 0.717) is 6.54 Å². The van der Waals surface area contributed by atoms with E-state index in [1.165, 1.54) is 9.78 Å². The Morgan fingerprint density at radius 1 is 1.00 bits per heavy atom. The Balaban J connectivity index is 1.40. The zero-order chi connectivity index (χ0) is 20.3. The number of amides is 1. The predicted octanol–water partition coefficient (Wildman–Crippen LogP) is 2.76. The Labute approximate surface area is 180 Å². The van der Waals surface area contributed by atoms with Crippen LogP contribution >= 0.6 is 11.3 Å². The molecule has 1 aromatic heterocycles. The normalized spacial score (nSPS) is 17.5. The molecular weight excluding hydrogens is 396 g/mol. The number of quaternary nitrogens is 1. The summed E-state index contributed by atoms with van der Waals surface area (Å²) in [4.78, 5) is 16.3. The highest BCUT2D eigenvalue weighted by atomic mass is 32.1. The summed E-state index contributed by atoms with van der Waals surface area (Å²) >= 11 is 1.76. The van der Waals surface area contributed by atoms with Crippen LogP contribution in [0.4, 0.5) is 0 Å². The molecule has 154 valence electrons. The van der Waals surface area contributed by atoms with Gasteiger partial charge < -0.3 is 19.7 Å². The SMILES string of the molecule is O=C(NC[C@@H](c1cccs1)[NH+]1CCOCC1)C1c2ccccc2Oc2ccccc21. The summed E-state index contributed by atoms with van der Waals surface area (Å²) in [6, 6.07) is 20.1. The van der Waals surface area contributed by atoms with Crippen LogP contribution in [0.5, 0.6) is 11.5 Å². The smallest absolute Gasteiger partial charge is 0.232 e. The first-order valence-corrected chi connectivity index (χ1v) is 11.3. The largest absolute Gasteiger partial charge is 0.457 e. The van der Waals surface area contributed by atoms with Gasteiger partial charge in [-0.25, -0.2) is 0 Å². The molecule has 0 saturated carbocycles. The van der Waals surface area contributed by atoms with Crippen LogP contribution in [0.15, 0.2) is 66.0 Å². The summed E-state index contributed by atoms with van der Waals surface area (Å²) in [5.74, 6) is 1.16. The monoisotopic (exact) mass is 421 g/mol. The van der Waals surface area contributed by atoms with E-state index < -0.39 is 0 Å². The van der Waals surface area contributed by atoms with Crippen molar-refractivity contribution < 1.29 is 19.2 Å². The number of nitrogens with one attached hydrogen (secondary N) is 2. The van der Waals surface area contributed by atoms with Gasteiger partial charge in [0.1, 0.15) is 30.6 Å². The van der Waals surface area contributed by atoms with Crippen LogP contribution in [0, 0.1) is 0 Å². The number of ether oxygens (including phenoxy) is 2. The minimum Gasteiger partial charge on any atom is -0.457 e. The van der Waals surface area contributed by atoms with Crippen LogP contribution in [0.1, 0.15) is 28.0 Å². The van der Waals surface area contributed by atoms with Crippen molar-refractivity contribution in [1.29, 1.82) is 0 Å². The van der Waals surface area contributed by atoms with Crippen molar-refractivity contribution in [2.24, 2.45) is 0 Å². The lowest BCUT2D eigenvalue weighted by Gasteiger charge is -2.32. The quantitative estimate of drug-likeness (QED) is 0.666. The second-order valence-electron chi connectivity index (χ2n) is 7.69. The summed E-state index contributed by atoms with van der Waals surface area (Å²) in [6.45, 7) is 4.07. The van der Waals surface area contributed by atoms with E-state index in [2.05, 4.69) is 22.8 Å². The van der Waals surface area contributed by atoms with Crippen molar-refractivity contribution in [3.8, 4) is 11.5 Å². The average molecular weight is 422 g/mol. The van der Waals surface area contributed by atoms with E-state index in [-0.39, 0.29) is 17.9 Å². The molecule has 1 saturated heterocycles. The molecule has 2 aliphatic heterocycles. The molecule has 0 bridgehead atoms. The second-order valence-corrected chi connectivity index (χ2v) is 8.67. The van der Waals surface area contributed by atoms with Gasteiger partial charge >= 0.3 is 0 Å². The van der Waals surface area contributed by atoms with E-state index >= 15 is 0 Å². The molecule has 2 N–H and O–H groups in total. The maximum atomic E-state index is 13.5. The summed E-state index contributed by atoms with van der Waals surface area (Å²) in [5.41, 5.74) is 1.83. The number of carbonyl (C=O) groups excluding carboxylic acids is 1. The second kappa shape index (κ2) is 8.60. The first-order chi connectivity index (χ1) is 14.8. The Hall–Kier alpha value is -2.67. The van der Waals surface area contributed by atoms with Crippen LogP contribution in [0.2, 0.25) is 0 Å².